The average Bonchev–Trinajstić information content (AvgIpc) is 2.74. The Bertz CT molecular complexity index is 919. The molecule has 0 saturated carbocycles. The van der Waals surface area contributed by atoms with E-state index in [1.165, 1.54) is 53.5 Å². The molecular formula is C26H27NS. The maximum atomic E-state index is 4.68. The lowest BCUT2D eigenvalue weighted by Gasteiger charge is -2.10. The van der Waals surface area contributed by atoms with E-state index in [9.17, 15) is 0 Å². The summed E-state index contributed by atoms with van der Waals surface area (Å²) in [6.45, 7) is 2.25. The Labute approximate surface area is 174 Å². The Morgan fingerprint density at radius 2 is 1.43 bits per heavy atom. The van der Waals surface area contributed by atoms with Gasteiger partial charge >= 0.3 is 0 Å². The number of nitrogens with zero attached hydrogens (tertiary/aromatic N) is 1. The van der Waals surface area contributed by atoms with Crippen molar-refractivity contribution in [1.82, 2.24) is 0 Å². The molecule has 0 aliphatic rings. The topological polar surface area (TPSA) is 12.4 Å². The molecule has 1 nitrogen and oxygen atoms in total. The monoisotopic (exact) mass is 385 g/mol. The van der Waals surface area contributed by atoms with Crippen molar-refractivity contribution < 1.29 is 0 Å². The van der Waals surface area contributed by atoms with Gasteiger partial charge in [0, 0.05) is 0 Å². The van der Waals surface area contributed by atoms with Crippen molar-refractivity contribution in [3.05, 3.63) is 89.5 Å². The van der Waals surface area contributed by atoms with Gasteiger partial charge in [-0.05, 0) is 77.9 Å². The van der Waals surface area contributed by atoms with Gasteiger partial charge < -0.3 is 0 Å². The molecule has 0 N–H and O–H groups in total. The number of hydrogen-bond acceptors (Lipinski definition) is 2. The van der Waals surface area contributed by atoms with E-state index in [1.54, 1.807) is 0 Å². The highest BCUT2D eigenvalue weighted by Crippen LogP contribution is 2.27. The van der Waals surface area contributed by atoms with E-state index < -0.39 is 0 Å². The highest BCUT2D eigenvalue weighted by molar-refractivity contribution is 7.78. The van der Waals surface area contributed by atoms with Crippen LogP contribution in [-0.2, 0) is 19.3 Å². The highest BCUT2D eigenvalue weighted by Gasteiger charge is 2.05. The summed E-state index contributed by atoms with van der Waals surface area (Å²) in [5.41, 5.74) is 7.58. The maximum Gasteiger partial charge on any atom is 0.0739 e. The fraction of sp³-hybridized carbons (Fsp3) is 0.269. The zero-order chi connectivity index (χ0) is 19.6. The zero-order valence-electron chi connectivity index (χ0n) is 16.5. The second-order valence-corrected chi connectivity index (χ2v) is 7.36. The van der Waals surface area contributed by atoms with Crippen LogP contribution in [0.25, 0.3) is 11.1 Å². The summed E-state index contributed by atoms with van der Waals surface area (Å²) in [5.74, 6) is 0. The van der Waals surface area contributed by atoms with Crippen molar-refractivity contribution in [3.63, 3.8) is 0 Å². The van der Waals surface area contributed by atoms with Gasteiger partial charge in [-0.25, -0.2) is 0 Å². The Balaban J connectivity index is 1.67. The van der Waals surface area contributed by atoms with Gasteiger partial charge in [0.2, 0.25) is 0 Å². The molecule has 0 aliphatic carbocycles. The molecule has 0 bridgehead atoms. The van der Waals surface area contributed by atoms with E-state index >= 15 is 0 Å². The Morgan fingerprint density at radius 1 is 0.750 bits per heavy atom. The summed E-state index contributed by atoms with van der Waals surface area (Å²) in [6.07, 6.45) is 7.17. The molecule has 0 saturated heterocycles. The smallest absolute Gasteiger partial charge is 0.0739 e. The normalized spacial score (nSPS) is 10.5. The zero-order valence-corrected chi connectivity index (χ0v) is 17.3. The molecule has 142 valence electrons. The summed E-state index contributed by atoms with van der Waals surface area (Å²) in [4.78, 5) is 4.04. The van der Waals surface area contributed by atoms with Crippen LogP contribution in [0.4, 0.5) is 5.69 Å². The van der Waals surface area contributed by atoms with Crippen LogP contribution in [0.3, 0.4) is 0 Å². The van der Waals surface area contributed by atoms with Crippen molar-refractivity contribution in [3.8, 4) is 11.1 Å². The third kappa shape index (κ3) is 5.73. The van der Waals surface area contributed by atoms with Gasteiger partial charge in [0.05, 0.1) is 10.8 Å². The van der Waals surface area contributed by atoms with Crippen LogP contribution in [0.5, 0.6) is 0 Å². The first kappa shape index (κ1) is 20.2. The lowest BCUT2D eigenvalue weighted by Crippen LogP contribution is -1.95. The van der Waals surface area contributed by atoms with Crippen molar-refractivity contribution in [2.75, 3.05) is 0 Å². The summed E-state index contributed by atoms with van der Waals surface area (Å²) in [5, 5.41) is 2.42. The molecule has 3 rings (SSSR count). The highest BCUT2D eigenvalue weighted by atomic mass is 32.1. The number of aliphatic imine (C=N–C) groups is 1. The number of benzene rings is 3. The van der Waals surface area contributed by atoms with Gasteiger partial charge in [-0.15, -0.1) is 0 Å². The minimum atomic E-state index is 0.843. The maximum absolute atomic E-state index is 4.68. The summed E-state index contributed by atoms with van der Waals surface area (Å²) < 4.78 is 0. The first-order valence-corrected chi connectivity index (χ1v) is 10.5. The van der Waals surface area contributed by atoms with Crippen LogP contribution in [0, 0.1) is 0 Å². The molecule has 0 atom stereocenters. The number of hydrogen-bond donors (Lipinski definition) is 0. The molecule has 0 fully saturated rings. The summed E-state index contributed by atoms with van der Waals surface area (Å²) >= 11 is 4.68. The average molecular weight is 386 g/mol. The number of isothiocyanates is 1. The quantitative estimate of drug-likeness (QED) is 0.210. The number of thiocarbonyl (C=S) groups is 1. The lowest BCUT2D eigenvalue weighted by molar-refractivity contribution is 0.717. The first-order valence-electron chi connectivity index (χ1n) is 10.1. The number of aryl methyl sites for hydroxylation is 3. The van der Waals surface area contributed by atoms with Gasteiger partial charge in [-0.3, -0.25) is 0 Å². The van der Waals surface area contributed by atoms with Crippen molar-refractivity contribution >= 4 is 23.1 Å². The van der Waals surface area contributed by atoms with E-state index in [0.717, 1.165) is 18.5 Å². The molecule has 3 aromatic carbocycles. The van der Waals surface area contributed by atoms with Crippen molar-refractivity contribution in [1.29, 1.82) is 0 Å². The predicted octanol–water partition coefficient (Wildman–Crippen LogP) is 7.61. The largest absolute Gasteiger partial charge is 0.195 e. The molecule has 0 unspecified atom stereocenters. The molecule has 2 heteroatoms. The van der Waals surface area contributed by atoms with E-state index in [2.05, 4.69) is 90.0 Å². The van der Waals surface area contributed by atoms with Crippen LogP contribution in [0.2, 0.25) is 0 Å². The minimum Gasteiger partial charge on any atom is -0.195 e. The Hall–Kier alpha value is -2.54. The standard InChI is InChI=1S/C26H27NS/c1-2-3-4-7-21-10-12-22(13-11-21)14-15-23-8-5-6-9-26(23)24-16-18-25(19-17-24)27-20-28/h5-6,8-13,16-19H,2-4,7,14-15H2,1H3. The molecule has 0 aromatic heterocycles. The second-order valence-electron chi connectivity index (χ2n) is 7.18. The van der Waals surface area contributed by atoms with Gasteiger partial charge in [-0.1, -0.05) is 80.4 Å². The molecular weight excluding hydrogens is 358 g/mol. The SMILES string of the molecule is CCCCCc1ccc(CCc2ccccc2-c2ccc(N=C=S)cc2)cc1. The van der Waals surface area contributed by atoms with Crippen LogP contribution in [0.1, 0.15) is 42.9 Å². The lowest BCUT2D eigenvalue weighted by atomic mass is 9.94. The third-order valence-corrected chi connectivity index (χ3v) is 5.24. The fourth-order valence-electron chi connectivity index (χ4n) is 3.52. The van der Waals surface area contributed by atoms with Crippen LogP contribution < -0.4 is 0 Å². The Morgan fingerprint density at radius 3 is 2.11 bits per heavy atom. The van der Waals surface area contributed by atoms with E-state index in [-0.39, 0.29) is 0 Å². The number of rotatable bonds is 9. The van der Waals surface area contributed by atoms with Gasteiger partial charge in [0.1, 0.15) is 0 Å². The molecule has 0 amide bonds. The van der Waals surface area contributed by atoms with Crippen LogP contribution in [0.15, 0.2) is 77.8 Å². The number of unbranched alkanes of at least 4 members (excludes halogenated alkanes) is 2. The molecule has 0 aliphatic heterocycles. The molecule has 28 heavy (non-hydrogen) atoms. The van der Waals surface area contributed by atoms with E-state index in [1.807, 2.05) is 12.1 Å². The molecule has 3 aromatic rings. The summed E-state index contributed by atoms with van der Waals surface area (Å²) in [7, 11) is 0. The van der Waals surface area contributed by atoms with Crippen LogP contribution >= 0.6 is 12.2 Å². The fourth-order valence-corrected chi connectivity index (χ4v) is 3.62. The third-order valence-electron chi connectivity index (χ3n) is 5.15. The van der Waals surface area contributed by atoms with E-state index in [0.29, 0.717) is 0 Å². The molecule has 0 spiro atoms. The van der Waals surface area contributed by atoms with Crippen LogP contribution in [-0.4, -0.2) is 5.16 Å². The second kappa shape index (κ2) is 10.7. The van der Waals surface area contributed by atoms with E-state index in [4.69, 9.17) is 0 Å². The van der Waals surface area contributed by atoms with Crippen molar-refractivity contribution in [2.24, 2.45) is 4.99 Å². The van der Waals surface area contributed by atoms with Crippen molar-refractivity contribution in [2.45, 2.75) is 45.4 Å². The molecule has 0 heterocycles. The molecule has 0 radical (unpaired) electrons. The minimum absolute atomic E-state index is 0.843. The summed E-state index contributed by atoms with van der Waals surface area (Å²) in [6, 6.07) is 26.0. The first-order chi connectivity index (χ1) is 13.8. The van der Waals surface area contributed by atoms with Gasteiger partial charge in [0.25, 0.3) is 0 Å². The van der Waals surface area contributed by atoms with Gasteiger partial charge in [-0.2, -0.15) is 4.99 Å². The predicted molar refractivity (Wildman–Crippen MR) is 124 cm³/mol. The Kier molecular flexibility index (Phi) is 7.72. The van der Waals surface area contributed by atoms with Gasteiger partial charge in [0.15, 0.2) is 0 Å².